The molecule has 1 unspecified atom stereocenters. The highest BCUT2D eigenvalue weighted by Gasteiger charge is 2.22. The van der Waals surface area contributed by atoms with Gasteiger partial charge in [0.05, 0.1) is 13.2 Å². The topological polar surface area (TPSA) is 70.8 Å². The molecule has 0 saturated heterocycles. The largest absolute Gasteiger partial charge is 0.490 e. The third-order valence-corrected chi connectivity index (χ3v) is 2.76. The average Bonchev–Trinajstić information content (AvgIpc) is 2.46. The van der Waals surface area contributed by atoms with Crippen LogP contribution in [0.2, 0.25) is 0 Å². The number of carbonyl (C=O) groups excluding carboxylic acids is 1. The van der Waals surface area contributed by atoms with Gasteiger partial charge in [-0.3, -0.25) is 0 Å². The predicted molar refractivity (Wildman–Crippen MR) is 76.8 cm³/mol. The van der Waals surface area contributed by atoms with Crippen LogP contribution in [0, 0.1) is 0 Å². The summed E-state index contributed by atoms with van der Waals surface area (Å²) in [5.74, 6) is 0.749. The monoisotopic (exact) mass is 281 g/mol. The molecule has 1 aromatic carbocycles. The van der Waals surface area contributed by atoms with Crippen molar-refractivity contribution in [2.24, 2.45) is 5.73 Å². The second kappa shape index (κ2) is 8.43. The summed E-state index contributed by atoms with van der Waals surface area (Å²) >= 11 is 0. The van der Waals surface area contributed by atoms with E-state index in [1.807, 2.05) is 26.0 Å². The van der Waals surface area contributed by atoms with Crippen LogP contribution in [0.5, 0.6) is 11.5 Å². The lowest BCUT2D eigenvalue weighted by Gasteiger charge is -2.20. The summed E-state index contributed by atoms with van der Waals surface area (Å²) in [6.07, 6.45) is -0.134. The van der Waals surface area contributed by atoms with Crippen LogP contribution in [-0.2, 0) is 16.1 Å². The quantitative estimate of drug-likeness (QED) is 0.740. The maximum atomic E-state index is 11.8. The van der Waals surface area contributed by atoms with Gasteiger partial charge in [-0.2, -0.15) is 0 Å². The Balaban J connectivity index is 3.00. The molecule has 5 heteroatoms. The fourth-order valence-corrected chi connectivity index (χ4v) is 1.80. The van der Waals surface area contributed by atoms with Crippen molar-refractivity contribution in [1.82, 2.24) is 0 Å². The third kappa shape index (κ3) is 4.13. The molecule has 0 aliphatic heterocycles. The summed E-state index contributed by atoms with van der Waals surface area (Å²) in [5, 5.41) is 0. The van der Waals surface area contributed by atoms with Crippen LogP contribution in [0.25, 0.3) is 0 Å². The Morgan fingerprint density at radius 1 is 1.25 bits per heavy atom. The molecule has 1 aromatic rings. The Morgan fingerprint density at radius 2 is 2.00 bits per heavy atom. The van der Waals surface area contributed by atoms with Gasteiger partial charge in [0.2, 0.25) is 0 Å². The fraction of sp³-hybridized carbons (Fsp3) is 0.533. The van der Waals surface area contributed by atoms with Crippen molar-refractivity contribution in [2.75, 3.05) is 13.2 Å². The van der Waals surface area contributed by atoms with Gasteiger partial charge in [0.25, 0.3) is 0 Å². The van der Waals surface area contributed by atoms with Crippen LogP contribution >= 0.6 is 0 Å². The van der Waals surface area contributed by atoms with Crippen molar-refractivity contribution in [1.29, 1.82) is 0 Å². The second-order valence-corrected chi connectivity index (χ2v) is 4.15. The molecule has 0 spiro atoms. The van der Waals surface area contributed by atoms with Gasteiger partial charge in [-0.05, 0) is 26.3 Å². The van der Waals surface area contributed by atoms with Gasteiger partial charge >= 0.3 is 5.97 Å². The normalized spacial score (nSPS) is 11.8. The molecular formula is C15H23NO4. The zero-order valence-electron chi connectivity index (χ0n) is 12.3. The molecule has 20 heavy (non-hydrogen) atoms. The standard InChI is InChI=1S/C15H23NO4/c1-4-12(15(17)19-6-3)20-14-11(10-16)8-7-9-13(14)18-5-2/h7-9,12H,4-6,10,16H2,1-3H3. The lowest BCUT2D eigenvalue weighted by Crippen LogP contribution is -2.29. The van der Waals surface area contributed by atoms with Crippen LogP contribution in [0.4, 0.5) is 0 Å². The van der Waals surface area contributed by atoms with E-state index >= 15 is 0 Å². The van der Waals surface area contributed by atoms with Crippen LogP contribution in [-0.4, -0.2) is 25.3 Å². The first-order valence-corrected chi connectivity index (χ1v) is 6.95. The number of esters is 1. The smallest absolute Gasteiger partial charge is 0.347 e. The van der Waals surface area contributed by atoms with Gasteiger partial charge in [-0.15, -0.1) is 0 Å². The summed E-state index contributed by atoms with van der Waals surface area (Å²) < 4.78 is 16.3. The van der Waals surface area contributed by atoms with Crippen molar-refractivity contribution in [3.63, 3.8) is 0 Å². The van der Waals surface area contributed by atoms with E-state index in [0.29, 0.717) is 37.7 Å². The highest BCUT2D eigenvalue weighted by molar-refractivity contribution is 5.75. The van der Waals surface area contributed by atoms with Gasteiger partial charge in [-0.25, -0.2) is 4.79 Å². The van der Waals surface area contributed by atoms with Crippen LogP contribution < -0.4 is 15.2 Å². The lowest BCUT2D eigenvalue weighted by atomic mass is 10.1. The van der Waals surface area contributed by atoms with Crippen molar-refractivity contribution in [3.8, 4) is 11.5 Å². The molecule has 0 radical (unpaired) electrons. The van der Waals surface area contributed by atoms with Gasteiger partial charge in [-0.1, -0.05) is 19.1 Å². The number of hydrogen-bond donors (Lipinski definition) is 1. The van der Waals surface area contributed by atoms with Crippen molar-refractivity contribution in [2.45, 2.75) is 39.8 Å². The summed E-state index contributed by atoms with van der Waals surface area (Å²) in [5.41, 5.74) is 6.52. The van der Waals surface area contributed by atoms with Crippen molar-refractivity contribution < 1.29 is 19.0 Å². The maximum Gasteiger partial charge on any atom is 0.347 e. The first-order chi connectivity index (χ1) is 9.67. The van der Waals surface area contributed by atoms with Gasteiger partial charge in [0, 0.05) is 12.1 Å². The molecule has 0 heterocycles. The number of benzene rings is 1. The number of carbonyl (C=O) groups is 1. The highest BCUT2D eigenvalue weighted by atomic mass is 16.6. The molecular weight excluding hydrogens is 258 g/mol. The molecule has 0 saturated carbocycles. The molecule has 2 N–H and O–H groups in total. The average molecular weight is 281 g/mol. The number of rotatable bonds is 8. The molecule has 1 atom stereocenters. The van der Waals surface area contributed by atoms with Crippen molar-refractivity contribution in [3.05, 3.63) is 23.8 Å². The van der Waals surface area contributed by atoms with E-state index in [0.717, 1.165) is 5.56 Å². The SMILES string of the molecule is CCOC(=O)C(CC)Oc1c(CN)cccc1OCC. The molecule has 0 aromatic heterocycles. The van der Waals surface area contributed by atoms with Gasteiger partial charge in [0.15, 0.2) is 17.6 Å². The molecule has 0 fully saturated rings. The minimum atomic E-state index is -0.651. The molecule has 0 aliphatic carbocycles. The van der Waals surface area contributed by atoms with Gasteiger partial charge in [0.1, 0.15) is 0 Å². The number of ether oxygens (including phenoxy) is 3. The lowest BCUT2D eigenvalue weighted by molar-refractivity contribution is -0.151. The minimum Gasteiger partial charge on any atom is -0.490 e. The Labute approximate surface area is 120 Å². The Morgan fingerprint density at radius 3 is 2.55 bits per heavy atom. The molecule has 0 bridgehead atoms. The highest BCUT2D eigenvalue weighted by Crippen LogP contribution is 2.32. The third-order valence-electron chi connectivity index (χ3n) is 2.76. The molecule has 112 valence electrons. The van der Waals surface area contributed by atoms with E-state index in [1.165, 1.54) is 0 Å². The Hall–Kier alpha value is -1.75. The predicted octanol–water partition coefficient (Wildman–Crippen LogP) is 2.26. The molecule has 0 amide bonds. The summed E-state index contributed by atoms with van der Waals surface area (Å²) in [6, 6.07) is 5.51. The first kappa shape index (κ1) is 16.3. The van der Waals surface area contributed by atoms with Gasteiger partial charge < -0.3 is 19.9 Å². The van der Waals surface area contributed by atoms with E-state index in [4.69, 9.17) is 19.9 Å². The van der Waals surface area contributed by atoms with E-state index in [2.05, 4.69) is 0 Å². The second-order valence-electron chi connectivity index (χ2n) is 4.15. The fourth-order valence-electron chi connectivity index (χ4n) is 1.80. The van der Waals surface area contributed by atoms with E-state index < -0.39 is 6.10 Å². The molecule has 1 rings (SSSR count). The van der Waals surface area contributed by atoms with E-state index in [-0.39, 0.29) is 5.97 Å². The minimum absolute atomic E-state index is 0.315. The van der Waals surface area contributed by atoms with Crippen molar-refractivity contribution >= 4 is 5.97 Å². The number of para-hydroxylation sites is 1. The Bertz CT molecular complexity index is 434. The number of hydrogen-bond acceptors (Lipinski definition) is 5. The molecule has 5 nitrogen and oxygen atoms in total. The molecule has 0 aliphatic rings. The van der Waals surface area contributed by atoms with E-state index in [1.54, 1.807) is 13.0 Å². The van der Waals surface area contributed by atoms with Crippen LogP contribution in [0.3, 0.4) is 0 Å². The summed E-state index contributed by atoms with van der Waals surface area (Å²) in [6.45, 7) is 6.68. The zero-order valence-corrected chi connectivity index (χ0v) is 12.3. The Kier molecular flexibility index (Phi) is 6.87. The first-order valence-electron chi connectivity index (χ1n) is 6.95. The van der Waals surface area contributed by atoms with Crippen LogP contribution in [0.15, 0.2) is 18.2 Å². The van der Waals surface area contributed by atoms with Crippen LogP contribution in [0.1, 0.15) is 32.8 Å². The summed E-state index contributed by atoms with van der Waals surface area (Å²) in [7, 11) is 0. The van der Waals surface area contributed by atoms with E-state index in [9.17, 15) is 4.79 Å². The number of nitrogens with two attached hydrogens (primary N) is 1. The summed E-state index contributed by atoms with van der Waals surface area (Å²) in [4.78, 5) is 11.8. The maximum absolute atomic E-state index is 11.8. The zero-order chi connectivity index (χ0) is 15.0.